The van der Waals surface area contributed by atoms with Crippen LogP contribution in [0.1, 0.15) is 19.4 Å². The maximum absolute atomic E-state index is 9.96. The summed E-state index contributed by atoms with van der Waals surface area (Å²) in [5.74, 6) is 0.574. The lowest BCUT2D eigenvalue weighted by atomic mass is 9.94. The number of phenolic OH excluding ortho intramolecular Hbond substituents is 1. The smallest absolute Gasteiger partial charge is 0.162 e. The molecule has 0 aliphatic rings. The molecular formula is C12H18ClNO2. The summed E-state index contributed by atoms with van der Waals surface area (Å²) < 4.78 is 5.06. The van der Waals surface area contributed by atoms with Gasteiger partial charge in [-0.1, -0.05) is 11.6 Å². The third-order valence-corrected chi connectivity index (χ3v) is 2.87. The quantitative estimate of drug-likeness (QED) is 0.854. The lowest BCUT2D eigenvalue weighted by Crippen LogP contribution is -2.38. The van der Waals surface area contributed by atoms with Crippen LogP contribution in [-0.4, -0.2) is 24.8 Å². The minimum absolute atomic E-state index is 0.104. The Hall–Kier alpha value is -0.930. The number of likely N-dealkylation sites (N-methyl/N-ethyl adjacent to an activating group) is 1. The number of nitrogens with one attached hydrogen (secondary N) is 1. The van der Waals surface area contributed by atoms with Crippen LogP contribution in [0.4, 0.5) is 0 Å². The van der Waals surface area contributed by atoms with Crippen LogP contribution in [0.15, 0.2) is 12.1 Å². The van der Waals surface area contributed by atoms with E-state index >= 15 is 0 Å². The van der Waals surface area contributed by atoms with Crippen LogP contribution in [0.5, 0.6) is 11.5 Å². The van der Waals surface area contributed by atoms with Crippen molar-refractivity contribution in [3.63, 3.8) is 0 Å². The Balaban J connectivity index is 3.09. The Morgan fingerprint density at radius 2 is 2.06 bits per heavy atom. The first-order valence-electron chi connectivity index (χ1n) is 5.14. The molecule has 0 heterocycles. The van der Waals surface area contributed by atoms with E-state index in [2.05, 4.69) is 19.2 Å². The highest BCUT2D eigenvalue weighted by Gasteiger charge is 2.19. The molecule has 90 valence electrons. The predicted octanol–water partition coefficient (Wildman–Crippen LogP) is 2.59. The van der Waals surface area contributed by atoms with Crippen molar-refractivity contribution in [2.24, 2.45) is 0 Å². The van der Waals surface area contributed by atoms with Crippen molar-refractivity contribution in [1.29, 1.82) is 0 Å². The molecule has 1 rings (SSSR count). The van der Waals surface area contributed by atoms with Crippen LogP contribution in [0, 0.1) is 0 Å². The predicted molar refractivity (Wildman–Crippen MR) is 66.5 cm³/mol. The topological polar surface area (TPSA) is 41.5 Å². The van der Waals surface area contributed by atoms with E-state index in [1.54, 1.807) is 12.1 Å². The van der Waals surface area contributed by atoms with Crippen molar-refractivity contribution in [2.45, 2.75) is 25.8 Å². The number of phenols is 1. The third-order valence-electron chi connectivity index (χ3n) is 2.65. The normalized spacial score (nSPS) is 11.6. The van der Waals surface area contributed by atoms with Crippen LogP contribution < -0.4 is 10.1 Å². The van der Waals surface area contributed by atoms with Gasteiger partial charge < -0.3 is 15.2 Å². The average molecular weight is 244 g/mol. The van der Waals surface area contributed by atoms with Crippen LogP contribution in [0.25, 0.3) is 0 Å². The zero-order valence-corrected chi connectivity index (χ0v) is 10.9. The first kappa shape index (κ1) is 13.1. The molecule has 3 nitrogen and oxygen atoms in total. The van der Waals surface area contributed by atoms with Gasteiger partial charge in [-0.3, -0.25) is 0 Å². The second kappa shape index (κ2) is 4.93. The zero-order valence-electron chi connectivity index (χ0n) is 10.1. The van der Waals surface area contributed by atoms with Gasteiger partial charge in [0.2, 0.25) is 0 Å². The molecule has 1 aromatic rings. The van der Waals surface area contributed by atoms with Gasteiger partial charge in [-0.15, -0.1) is 0 Å². The summed E-state index contributed by atoms with van der Waals surface area (Å²) in [6.07, 6.45) is 0.673. The summed E-state index contributed by atoms with van der Waals surface area (Å²) in [7, 11) is 3.40. The van der Waals surface area contributed by atoms with Crippen LogP contribution in [0.3, 0.4) is 0 Å². The molecule has 0 unspecified atom stereocenters. The molecule has 2 N–H and O–H groups in total. The second-order valence-corrected chi connectivity index (χ2v) is 4.86. The van der Waals surface area contributed by atoms with Crippen molar-refractivity contribution in [3.8, 4) is 11.5 Å². The maximum Gasteiger partial charge on any atom is 0.162 e. The summed E-state index contributed by atoms with van der Waals surface area (Å²) in [5, 5.41) is 13.7. The highest BCUT2D eigenvalue weighted by atomic mass is 35.5. The minimum Gasteiger partial charge on any atom is -0.504 e. The van der Waals surface area contributed by atoms with Crippen molar-refractivity contribution < 1.29 is 9.84 Å². The zero-order chi connectivity index (χ0) is 12.3. The molecule has 0 aromatic heterocycles. The third kappa shape index (κ3) is 3.03. The second-order valence-electron chi connectivity index (χ2n) is 4.43. The van der Waals surface area contributed by atoms with Gasteiger partial charge in [0, 0.05) is 22.2 Å². The molecule has 0 amide bonds. The molecule has 1 aromatic carbocycles. The minimum atomic E-state index is -0.104. The van der Waals surface area contributed by atoms with Gasteiger partial charge in [-0.05, 0) is 33.4 Å². The number of benzene rings is 1. The Bertz CT molecular complexity index is 378. The summed E-state index contributed by atoms with van der Waals surface area (Å²) in [6.45, 7) is 4.11. The Kier molecular flexibility index (Phi) is 4.05. The number of methoxy groups -OCH3 is 1. The van der Waals surface area contributed by atoms with Gasteiger partial charge in [-0.25, -0.2) is 0 Å². The fourth-order valence-electron chi connectivity index (χ4n) is 1.48. The van der Waals surface area contributed by atoms with Crippen LogP contribution in [-0.2, 0) is 6.42 Å². The summed E-state index contributed by atoms with van der Waals surface area (Å²) in [4.78, 5) is 0. The maximum atomic E-state index is 9.96. The Morgan fingerprint density at radius 3 is 2.56 bits per heavy atom. The number of ether oxygens (including phenoxy) is 1. The van der Waals surface area contributed by atoms with E-state index in [9.17, 15) is 5.11 Å². The van der Waals surface area contributed by atoms with Crippen molar-refractivity contribution in [2.75, 3.05) is 14.2 Å². The van der Waals surface area contributed by atoms with E-state index < -0.39 is 0 Å². The standard InChI is InChI=1S/C12H18ClNO2/c1-12(2,14-3)7-8-5-9(13)6-10(16-4)11(8)15/h5-6,14-15H,7H2,1-4H3. The SMILES string of the molecule is CNC(C)(C)Cc1cc(Cl)cc(OC)c1O. The molecule has 4 heteroatoms. The fraction of sp³-hybridized carbons (Fsp3) is 0.500. The van der Waals surface area contributed by atoms with Crippen LogP contribution >= 0.6 is 11.6 Å². The summed E-state index contributed by atoms with van der Waals surface area (Å²) in [5.41, 5.74) is 0.677. The molecular weight excluding hydrogens is 226 g/mol. The van der Waals surface area contributed by atoms with E-state index in [-0.39, 0.29) is 11.3 Å². The first-order valence-corrected chi connectivity index (χ1v) is 5.51. The Labute approximate surface area is 101 Å². The lowest BCUT2D eigenvalue weighted by molar-refractivity contribution is 0.362. The number of rotatable bonds is 4. The largest absolute Gasteiger partial charge is 0.504 e. The summed E-state index contributed by atoms with van der Waals surface area (Å²) >= 11 is 5.96. The highest BCUT2D eigenvalue weighted by molar-refractivity contribution is 6.30. The van der Waals surface area contributed by atoms with E-state index in [0.717, 1.165) is 5.56 Å². The van der Waals surface area contributed by atoms with E-state index in [4.69, 9.17) is 16.3 Å². The summed E-state index contributed by atoms with van der Waals surface area (Å²) in [6, 6.07) is 3.37. The van der Waals surface area contributed by atoms with Crippen molar-refractivity contribution in [3.05, 3.63) is 22.7 Å². The number of aromatic hydroxyl groups is 1. The number of halogens is 1. The van der Waals surface area contributed by atoms with Gasteiger partial charge in [0.1, 0.15) is 0 Å². The number of hydrogen-bond donors (Lipinski definition) is 2. The first-order chi connectivity index (χ1) is 7.39. The fourth-order valence-corrected chi connectivity index (χ4v) is 1.71. The van der Waals surface area contributed by atoms with E-state index in [1.165, 1.54) is 7.11 Å². The molecule has 16 heavy (non-hydrogen) atoms. The van der Waals surface area contributed by atoms with Gasteiger partial charge in [0.25, 0.3) is 0 Å². The molecule has 0 saturated carbocycles. The molecule has 0 radical (unpaired) electrons. The molecule has 0 atom stereocenters. The van der Waals surface area contributed by atoms with Crippen LogP contribution in [0.2, 0.25) is 5.02 Å². The monoisotopic (exact) mass is 243 g/mol. The highest BCUT2D eigenvalue weighted by Crippen LogP contribution is 2.35. The molecule has 0 aliphatic heterocycles. The molecule has 0 spiro atoms. The average Bonchev–Trinajstić information content (AvgIpc) is 2.22. The van der Waals surface area contributed by atoms with Crippen molar-refractivity contribution >= 4 is 11.6 Å². The molecule has 0 aliphatic carbocycles. The van der Waals surface area contributed by atoms with Gasteiger partial charge in [0.15, 0.2) is 11.5 Å². The van der Waals surface area contributed by atoms with Crippen molar-refractivity contribution in [1.82, 2.24) is 5.32 Å². The molecule has 0 bridgehead atoms. The van der Waals surface area contributed by atoms with E-state index in [1.807, 2.05) is 7.05 Å². The van der Waals surface area contributed by atoms with E-state index in [0.29, 0.717) is 17.2 Å². The molecule has 0 fully saturated rings. The molecule has 0 saturated heterocycles. The van der Waals surface area contributed by atoms with Gasteiger partial charge in [-0.2, -0.15) is 0 Å². The van der Waals surface area contributed by atoms with Gasteiger partial charge in [0.05, 0.1) is 7.11 Å². The number of hydrogen-bond acceptors (Lipinski definition) is 3. The lowest BCUT2D eigenvalue weighted by Gasteiger charge is -2.24. The Morgan fingerprint density at radius 1 is 1.44 bits per heavy atom. The van der Waals surface area contributed by atoms with Gasteiger partial charge >= 0.3 is 0 Å².